The Morgan fingerprint density at radius 3 is 2.68 bits per heavy atom. The molecule has 0 spiro atoms. The molecule has 34 heavy (non-hydrogen) atoms. The quantitative estimate of drug-likeness (QED) is 0.236. The van der Waals surface area contributed by atoms with E-state index < -0.39 is 5.97 Å². The molecular weight excluding hydrogens is 462 g/mol. The third kappa shape index (κ3) is 7.07. The largest absolute Gasteiger partial charge is 0.461 e. The van der Waals surface area contributed by atoms with Crippen LogP contribution in [0.1, 0.15) is 42.9 Å². The minimum absolute atomic E-state index is 0.0589. The maximum absolute atomic E-state index is 11.9. The predicted octanol–water partition coefficient (Wildman–Crippen LogP) is 4.80. The topological polar surface area (TPSA) is 143 Å². The molecule has 0 atom stereocenters. The average molecular weight is 488 g/mol. The van der Waals surface area contributed by atoms with Crippen LogP contribution in [0.25, 0.3) is 0 Å². The number of rotatable bonds is 10. The molecule has 2 aromatic heterocycles. The Morgan fingerprint density at radius 2 is 1.94 bits per heavy atom. The Bertz CT molecular complexity index is 1150. The molecule has 0 fully saturated rings. The number of urea groups is 1. The SMILES string of the molecule is CCCCNC(=O)Nc1ccc(Oc2nc(C)cc(Nc3cc(C(=O)OCC)[nH]n3)n2)c(Cl)c1. The van der Waals surface area contributed by atoms with Crippen molar-refractivity contribution < 1.29 is 19.1 Å². The molecule has 3 aromatic rings. The predicted molar refractivity (Wildman–Crippen MR) is 128 cm³/mol. The van der Waals surface area contributed by atoms with Crippen molar-refractivity contribution in [2.45, 2.75) is 33.6 Å². The Kier molecular flexibility index (Phi) is 8.63. The van der Waals surface area contributed by atoms with E-state index >= 15 is 0 Å². The first-order chi connectivity index (χ1) is 16.4. The maximum atomic E-state index is 11.9. The number of nitrogens with zero attached hydrogens (tertiary/aromatic N) is 3. The molecule has 0 aliphatic heterocycles. The number of unbranched alkanes of at least 4 members (excludes halogenated alkanes) is 1. The third-order valence-electron chi connectivity index (χ3n) is 4.37. The van der Waals surface area contributed by atoms with Crippen LogP contribution in [0.4, 0.5) is 22.1 Å². The van der Waals surface area contributed by atoms with E-state index in [0.29, 0.717) is 35.3 Å². The second-order valence-electron chi connectivity index (χ2n) is 7.17. The van der Waals surface area contributed by atoms with Gasteiger partial charge in [0.25, 0.3) is 0 Å². The highest BCUT2D eigenvalue weighted by molar-refractivity contribution is 6.32. The second kappa shape index (κ2) is 11.8. The van der Waals surface area contributed by atoms with Gasteiger partial charge in [0, 0.05) is 30.1 Å². The van der Waals surface area contributed by atoms with Crippen molar-refractivity contribution in [3.8, 4) is 11.8 Å². The van der Waals surface area contributed by atoms with E-state index in [0.717, 1.165) is 12.8 Å². The van der Waals surface area contributed by atoms with Crippen molar-refractivity contribution in [3.63, 3.8) is 0 Å². The van der Waals surface area contributed by atoms with Gasteiger partial charge in [-0.05, 0) is 38.5 Å². The second-order valence-corrected chi connectivity index (χ2v) is 7.58. The van der Waals surface area contributed by atoms with E-state index in [9.17, 15) is 9.59 Å². The van der Waals surface area contributed by atoms with Crippen LogP contribution in [-0.4, -0.2) is 45.3 Å². The highest BCUT2D eigenvalue weighted by Gasteiger charge is 2.13. The molecule has 12 heteroatoms. The molecule has 0 aliphatic rings. The van der Waals surface area contributed by atoms with Gasteiger partial charge in [0.05, 0.1) is 11.6 Å². The van der Waals surface area contributed by atoms with E-state index in [1.807, 2.05) is 6.92 Å². The van der Waals surface area contributed by atoms with Crippen LogP contribution >= 0.6 is 11.6 Å². The average Bonchev–Trinajstić information content (AvgIpc) is 3.24. The number of carbonyl (C=O) groups excluding carboxylic acids is 2. The van der Waals surface area contributed by atoms with Gasteiger partial charge in [-0.2, -0.15) is 10.1 Å². The van der Waals surface area contributed by atoms with Crippen molar-refractivity contribution in [2.75, 3.05) is 23.8 Å². The number of hydrogen-bond donors (Lipinski definition) is 4. The normalized spacial score (nSPS) is 10.5. The number of aryl methyl sites for hydroxylation is 1. The number of halogens is 1. The number of nitrogens with one attached hydrogen (secondary N) is 4. The van der Waals surface area contributed by atoms with Gasteiger partial charge < -0.3 is 25.4 Å². The number of benzene rings is 1. The van der Waals surface area contributed by atoms with Crippen LogP contribution in [0.15, 0.2) is 30.3 Å². The minimum Gasteiger partial charge on any atom is -0.461 e. The molecule has 0 unspecified atom stereocenters. The van der Waals surface area contributed by atoms with E-state index in [2.05, 4.69) is 36.1 Å². The van der Waals surface area contributed by atoms with E-state index in [1.165, 1.54) is 6.07 Å². The van der Waals surface area contributed by atoms with Crippen molar-refractivity contribution in [2.24, 2.45) is 0 Å². The van der Waals surface area contributed by atoms with E-state index in [1.54, 1.807) is 38.1 Å². The van der Waals surface area contributed by atoms with Gasteiger partial charge in [-0.25, -0.2) is 14.6 Å². The summed E-state index contributed by atoms with van der Waals surface area (Å²) in [4.78, 5) is 32.3. The lowest BCUT2D eigenvalue weighted by molar-refractivity contribution is 0.0519. The van der Waals surface area contributed by atoms with Crippen molar-refractivity contribution in [3.05, 3.63) is 46.7 Å². The van der Waals surface area contributed by atoms with Crippen LogP contribution in [0.3, 0.4) is 0 Å². The molecular formula is C22H26ClN7O4. The summed E-state index contributed by atoms with van der Waals surface area (Å²) in [5.74, 6) is 0.594. The first-order valence-electron chi connectivity index (χ1n) is 10.8. The fourth-order valence-electron chi connectivity index (χ4n) is 2.80. The number of hydrogen-bond acceptors (Lipinski definition) is 8. The number of carbonyl (C=O) groups is 2. The van der Waals surface area contributed by atoms with Gasteiger partial charge in [-0.3, -0.25) is 5.10 Å². The van der Waals surface area contributed by atoms with Gasteiger partial charge in [0.15, 0.2) is 5.82 Å². The molecule has 0 saturated heterocycles. The van der Waals surface area contributed by atoms with Crippen molar-refractivity contribution in [1.82, 2.24) is 25.5 Å². The lowest BCUT2D eigenvalue weighted by atomic mass is 10.3. The molecule has 11 nitrogen and oxygen atoms in total. The zero-order valence-corrected chi connectivity index (χ0v) is 19.8. The monoisotopic (exact) mass is 487 g/mol. The van der Waals surface area contributed by atoms with Gasteiger partial charge in [-0.1, -0.05) is 24.9 Å². The maximum Gasteiger partial charge on any atom is 0.356 e. The van der Waals surface area contributed by atoms with E-state index in [-0.39, 0.29) is 29.4 Å². The molecule has 0 radical (unpaired) electrons. The Hall–Kier alpha value is -3.86. The fourth-order valence-corrected chi connectivity index (χ4v) is 3.01. The van der Waals surface area contributed by atoms with Crippen LogP contribution in [-0.2, 0) is 4.74 Å². The minimum atomic E-state index is -0.503. The highest BCUT2D eigenvalue weighted by atomic mass is 35.5. The lowest BCUT2D eigenvalue weighted by Crippen LogP contribution is -2.29. The standard InChI is InChI=1S/C22H26ClN7O4/c1-4-6-9-24-21(32)26-14-7-8-17(15(23)11-14)34-22-25-13(3)10-18(28-22)27-19-12-16(29-30-19)20(31)33-5-2/h7-8,10-12H,4-6,9H2,1-3H3,(H2,24,26,32)(H2,25,27,28,29,30). The van der Waals surface area contributed by atoms with Crippen LogP contribution < -0.4 is 20.7 Å². The number of H-pyrrole nitrogens is 1. The van der Waals surface area contributed by atoms with Crippen LogP contribution in [0.5, 0.6) is 11.8 Å². The molecule has 1 aromatic carbocycles. The number of amides is 2. The van der Waals surface area contributed by atoms with Gasteiger partial charge in [0.1, 0.15) is 17.3 Å². The van der Waals surface area contributed by atoms with Crippen LogP contribution in [0.2, 0.25) is 5.02 Å². The molecule has 4 N–H and O–H groups in total. The van der Waals surface area contributed by atoms with E-state index in [4.69, 9.17) is 21.1 Å². The molecule has 3 rings (SSSR count). The highest BCUT2D eigenvalue weighted by Crippen LogP contribution is 2.31. The van der Waals surface area contributed by atoms with Crippen molar-refractivity contribution in [1.29, 1.82) is 0 Å². The molecule has 2 heterocycles. The summed E-state index contributed by atoms with van der Waals surface area (Å²) < 4.78 is 10.7. The Morgan fingerprint density at radius 1 is 1.12 bits per heavy atom. The first-order valence-corrected chi connectivity index (χ1v) is 11.1. The number of aromatic amines is 1. The van der Waals surface area contributed by atoms with Gasteiger partial charge in [-0.15, -0.1) is 0 Å². The fraction of sp³-hybridized carbons (Fsp3) is 0.318. The van der Waals surface area contributed by atoms with Gasteiger partial charge >= 0.3 is 18.0 Å². The summed E-state index contributed by atoms with van der Waals surface area (Å²) in [5.41, 5.74) is 1.37. The Labute approximate surface area is 201 Å². The molecule has 0 aliphatic carbocycles. The number of esters is 1. The molecule has 0 bridgehead atoms. The number of anilines is 3. The molecule has 180 valence electrons. The summed E-state index contributed by atoms with van der Waals surface area (Å²) in [5, 5.41) is 15.4. The summed E-state index contributed by atoms with van der Waals surface area (Å²) in [7, 11) is 0. The lowest BCUT2D eigenvalue weighted by Gasteiger charge is -2.11. The summed E-state index contributed by atoms with van der Waals surface area (Å²) in [6.07, 6.45) is 1.90. The van der Waals surface area contributed by atoms with Crippen molar-refractivity contribution >= 4 is 40.9 Å². The van der Waals surface area contributed by atoms with Gasteiger partial charge in [0.2, 0.25) is 0 Å². The smallest absolute Gasteiger partial charge is 0.356 e. The zero-order chi connectivity index (χ0) is 24.5. The number of ether oxygens (including phenoxy) is 2. The third-order valence-corrected chi connectivity index (χ3v) is 4.67. The summed E-state index contributed by atoms with van der Waals surface area (Å²) >= 11 is 6.33. The van der Waals surface area contributed by atoms with Crippen LogP contribution in [0, 0.1) is 6.92 Å². The summed E-state index contributed by atoms with van der Waals surface area (Å²) in [6, 6.07) is 7.81. The molecule has 2 amide bonds. The first kappa shape index (κ1) is 24.8. The molecule has 0 saturated carbocycles. The number of aromatic nitrogens is 4. The Balaban J connectivity index is 1.67. The zero-order valence-electron chi connectivity index (χ0n) is 19.1. The summed E-state index contributed by atoms with van der Waals surface area (Å²) in [6.45, 7) is 6.41.